The van der Waals surface area contributed by atoms with E-state index in [4.69, 9.17) is 0 Å². The molecule has 1 aliphatic heterocycles. The van der Waals surface area contributed by atoms with Gasteiger partial charge in [0.2, 0.25) is 0 Å². The first-order valence-corrected chi connectivity index (χ1v) is 6.92. The lowest BCUT2D eigenvalue weighted by molar-refractivity contribution is 0.0282. The maximum absolute atomic E-state index is 9.95. The number of rotatable bonds is 3. The van der Waals surface area contributed by atoms with Gasteiger partial charge in [0.15, 0.2) is 0 Å². The second-order valence-electron chi connectivity index (χ2n) is 4.49. The van der Waals surface area contributed by atoms with Crippen LogP contribution >= 0.6 is 15.9 Å². The van der Waals surface area contributed by atoms with Gasteiger partial charge in [0, 0.05) is 18.4 Å². The summed E-state index contributed by atoms with van der Waals surface area (Å²) in [5, 5.41) is 10.9. The molecule has 2 nitrogen and oxygen atoms in total. The van der Waals surface area contributed by atoms with Gasteiger partial charge in [-0.05, 0) is 24.4 Å². The topological polar surface area (TPSA) is 23.5 Å². The van der Waals surface area contributed by atoms with Crippen molar-refractivity contribution in [2.24, 2.45) is 5.92 Å². The molecule has 88 valence electrons. The molecule has 1 aromatic carbocycles. The minimum Gasteiger partial charge on any atom is -0.391 e. The minimum absolute atomic E-state index is 0.183. The normalized spacial score (nSPS) is 26.9. The van der Waals surface area contributed by atoms with Crippen LogP contribution in [0, 0.1) is 5.92 Å². The third-order valence-electron chi connectivity index (χ3n) is 3.25. The van der Waals surface area contributed by atoms with Gasteiger partial charge in [0.05, 0.1) is 6.10 Å². The molecule has 0 spiro atoms. The lowest BCUT2D eigenvalue weighted by Gasteiger charge is -2.35. The highest BCUT2D eigenvalue weighted by molar-refractivity contribution is 9.09. The van der Waals surface area contributed by atoms with Gasteiger partial charge < -0.3 is 5.11 Å². The Kier molecular flexibility index (Phi) is 4.38. The van der Waals surface area contributed by atoms with Crippen LogP contribution in [-0.2, 0) is 6.54 Å². The molecule has 3 heteroatoms. The molecule has 1 N–H and O–H groups in total. The number of hydrogen-bond acceptors (Lipinski definition) is 2. The van der Waals surface area contributed by atoms with Crippen molar-refractivity contribution >= 4 is 15.9 Å². The number of β-amino-alcohol motifs (C(OH)–C–C–N with tert-alkyl or cyclic N) is 1. The number of benzene rings is 1. The number of aliphatic hydroxyl groups excluding tert-OH is 1. The molecule has 0 aromatic heterocycles. The molecule has 1 fully saturated rings. The van der Waals surface area contributed by atoms with E-state index >= 15 is 0 Å². The fourth-order valence-electron chi connectivity index (χ4n) is 2.21. The molecule has 1 heterocycles. The van der Waals surface area contributed by atoms with Gasteiger partial charge in [-0.15, -0.1) is 0 Å². The standard InChI is InChI=1S/C13H18BrNO/c14-8-12-6-7-15(10-13(12)16)9-11-4-2-1-3-5-11/h1-5,12-13,16H,6-10H2/t12-,13+/m1/s1. The monoisotopic (exact) mass is 283 g/mol. The van der Waals surface area contributed by atoms with Crippen molar-refractivity contribution in [1.29, 1.82) is 0 Å². The maximum Gasteiger partial charge on any atom is 0.0703 e. The minimum atomic E-state index is -0.183. The number of likely N-dealkylation sites (tertiary alicyclic amines) is 1. The Bertz CT molecular complexity index is 317. The van der Waals surface area contributed by atoms with Gasteiger partial charge in [0.1, 0.15) is 0 Å². The van der Waals surface area contributed by atoms with E-state index in [-0.39, 0.29) is 6.10 Å². The van der Waals surface area contributed by atoms with Gasteiger partial charge in [-0.25, -0.2) is 0 Å². The quantitative estimate of drug-likeness (QED) is 0.861. The van der Waals surface area contributed by atoms with E-state index in [2.05, 4.69) is 45.1 Å². The third-order valence-corrected chi connectivity index (χ3v) is 4.08. The zero-order chi connectivity index (χ0) is 11.4. The van der Waals surface area contributed by atoms with Crippen molar-refractivity contribution in [2.45, 2.75) is 19.1 Å². The van der Waals surface area contributed by atoms with Crippen molar-refractivity contribution in [3.8, 4) is 0 Å². The molecule has 2 rings (SSSR count). The molecule has 0 saturated carbocycles. The second-order valence-corrected chi connectivity index (χ2v) is 5.14. The summed E-state index contributed by atoms with van der Waals surface area (Å²) in [4.78, 5) is 2.33. The van der Waals surface area contributed by atoms with E-state index < -0.39 is 0 Å². The average molecular weight is 284 g/mol. The molecule has 0 amide bonds. The summed E-state index contributed by atoms with van der Waals surface area (Å²) >= 11 is 3.46. The van der Waals surface area contributed by atoms with Crippen molar-refractivity contribution in [2.75, 3.05) is 18.4 Å². The average Bonchev–Trinajstić information content (AvgIpc) is 2.31. The first kappa shape index (κ1) is 12.1. The van der Waals surface area contributed by atoms with Crippen LogP contribution in [0.5, 0.6) is 0 Å². The number of hydrogen-bond donors (Lipinski definition) is 1. The Morgan fingerprint density at radius 1 is 1.31 bits per heavy atom. The zero-order valence-electron chi connectivity index (χ0n) is 9.35. The molecular formula is C13H18BrNO. The molecular weight excluding hydrogens is 266 g/mol. The van der Waals surface area contributed by atoms with E-state index in [9.17, 15) is 5.11 Å². The number of aliphatic hydroxyl groups is 1. The highest BCUT2D eigenvalue weighted by Gasteiger charge is 2.26. The SMILES string of the molecule is O[C@H]1CN(Cc2ccccc2)CC[C@@H]1CBr. The molecule has 1 saturated heterocycles. The summed E-state index contributed by atoms with van der Waals surface area (Å²) in [6, 6.07) is 10.5. The first-order chi connectivity index (χ1) is 7.79. The predicted octanol–water partition coefficient (Wildman–Crippen LogP) is 2.26. The fraction of sp³-hybridized carbons (Fsp3) is 0.538. The van der Waals surface area contributed by atoms with Crippen LogP contribution in [0.1, 0.15) is 12.0 Å². The lowest BCUT2D eigenvalue weighted by atomic mass is 9.95. The Morgan fingerprint density at radius 3 is 2.69 bits per heavy atom. The van der Waals surface area contributed by atoms with E-state index in [1.54, 1.807) is 0 Å². The molecule has 0 aliphatic carbocycles. The maximum atomic E-state index is 9.95. The van der Waals surface area contributed by atoms with Crippen LogP contribution in [0.3, 0.4) is 0 Å². The molecule has 0 radical (unpaired) electrons. The van der Waals surface area contributed by atoms with E-state index in [1.165, 1.54) is 5.56 Å². The van der Waals surface area contributed by atoms with Crippen LogP contribution in [0.4, 0.5) is 0 Å². The molecule has 1 aromatic rings. The Hall–Kier alpha value is -0.380. The molecule has 16 heavy (non-hydrogen) atoms. The summed E-state index contributed by atoms with van der Waals surface area (Å²) in [6.07, 6.45) is 0.899. The van der Waals surface area contributed by atoms with Gasteiger partial charge in [0.25, 0.3) is 0 Å². The van der Waals surface area contributed by atoms with Crippen LogP contribution < -0.4 is 0 Å². The lowest BCUT2D eigenvalue weighted by Crippen LogP contribution is -2.43. The summed E-state index contributed by atoms with van der Waals surface area (Å²) in [5.41, 5.74) is 1.33. The summed E-state index contributed by atoms with van der Waals surface area (Å²) in [7, 11) is 0. The van der Waals surface area contributed by atoms with Crippen molar-refractivity contribution in [3.05, 3.63) is 35.9 Å². The first-order valence-electron chi connectivity index (χ1n) is 5.80. The molecule has 2 atom stereocenters. The largest absolute Gasteiger partial charge is 0.391 e. The third kappa shape index (κ3) is 3.06. The summed E-state index contributed by atoms with van der Waals surface area (Å²) in [5.74, 6) is 0.423. The Labute approximate surface area is 105 Å². The van der Waals surface area contributed by atoms with Gasteiger partial charge in [-0.1, -0.05) is 46.3 Å². The number of nitrogens with zero attached hydrogens (tertiary/aromatic N) is 1. The fourth-order valence-corrected chi connectivity index (χ4v) is 2.97. The number of alkyl halides is 1. The highest BCUT2D eigenvalue weighted by Crippen LogP contribution is 2.21. The number of halogens is 1. The van der Waals surface area contributed by atoms with Crippen LogP contribution in [0.2, 0.25) is 0 Å². The summed E-state index contributed by atoms with van der Waals surface area (Å²) in [6.45, 7) is 2.83. The molecule has 1 aliphatic rings. The van der Waals surface area contributed by atoms with Gasteiger partial charge >= 0.3 is 0 Å². The van der Waals surface area contributed by atoms with E-state index in [1.807, 2.05) is 6.07 Å². The smallest absolute Gasteiger partial charge is 0.0703 e. The zero-order valence-corrected chi connectivity index (χ0v) is 10.9. The van der Waals surface area contributed by atoms with Crippen molar-refractivity contribution in [1.82, 2.24) is 4.90 Å². The molecule has 0 unspecified atom stereocenters. The van der Waals surface area contributed by atoms with Crippen LogP contribution in [0.15, 0.2) is 30.3 Å². The highest BCUT2D eigenvalue weighted by atomic mass is 79.9. The number of piperidine rings is 1. The predicted molar refractivity (Wildman–Crippen MR) is 69.6 cm³/mol. The van der Waals surface area contributed by atoms with Crippen molar-refractivity contribution < 1.29 is 5.11 Å². The van der Waals surface area contributed by atoms with E-state index in [0.29, 0.717) is 5.92 Å². The van der Waals surface area contributed by atoms with E-state index in [0.717, 1.165) is 31.4 Å². The Balaban J connectivity index is 1.89. The van der Waals surface area contributed by atoms with Gasteiger partial charge in [-0.3, -0.25) is 4.90 Å². The summed E-state index contributed by atoms with van der Waals surface area (Å²) < 4.78 is 0. The second kappa shape index (κ2) is 5.80. The Morgan fingerprint density at radius 2 is 2.06 bits per heavy atom. The van der Waals surface area contributed by atoms with Gasteiger partial charge in [-0.2, -0.15) is 0 Å². The molecule has 0 bridgehead atoms. The van der Waals surface area contributed by atoms with Crippen LogP contribution in [-0.4, -0.2) is 34.5 Å². The van der Waals surface area contributed by atoms with Crippen LogP contribution in [0.25, 0.3) is 0 Å². The van der Waals surface area contributed by atoms with Crippen molar-refractivity contribution in [3.63, 3.8) is 0 Å².